The Kier molecular flexibility index (Phi) is 4.85. The molecule has 0 aliphatic carbocycles. The molecule has 0 bridgehead atoms. The highest BCUT2D eigenvalue weighted by molar-refractivity contribution is 6.29. The molecule has 0 spiro atoms. The van der Waals surface area contributed by atoms with Crippen molar-refractivity contribution in [2.45, 2.75) is 6.42 Å². The molecule has 1 N–H and O–H groups in total. The molecule has 0 fully saturated rings. The summed E-state index contributed by atoms with van der Waals surface area (Å²) in [7, 11) is 0. The number of hydrogen-bond donors (Lipinski definition) is 1. The number of hydrogen-bond acceptors (Lipinski definition) is 6. The van der Waals surface area contributed by atoms with Gasteiger partial charge in [0.1, 0.15) is 17.1 Å². The maximum absolute atomic E-state index is 14.1. The molecule has 0 unspecified atom stereocenters. The van der Waals surface area contributed by atoms with Crippen LogP contribution in [0.4, 0.5) is 8.78 Å². The van der Waals surface area contributed by atoms with E-state index in [4.69, 9.17) is 20.8 Å². The van der Waals surface area contributed by atoms with Gasteiger partial charge in [0.2, 0.25) is 0 Å². The fourth-order valence-electron chi connectivity index (χ4n) is 2.76. The third-order valence-corrected chi connectivity index (χ3v) is 4.44. The van der Waals surface area contributed by atoms with Crippen molar-refractivity contribution in [2.75, 3.05) is 0 Å². The topological polar surface area (TPSA) is 85.5 Å². The minimum Gasteiger partial charge on any atom is -0.507 e. The molecular weight excluding hydrogens is 406 g/mol. The summed E-state index contributed by atoms with van der Waals surface area (Å²) in [4.78, 5) is 19.7. The average molecular weight is 417 g/mol. The summed E-state index contributed by atoms with van der Waals surface area (Å²) < 4.78 is 38.4. The molecule has 3 aromatic heterocycles. The third-order valence-electron chi connectivity index (χ3n) is 4.18. The first-order chi connectivity index (χ1) is 13.9. The van der Waals surface area contributed by atoms with Gasteiger partial charge in [0, 0.05) is 24.9 Å². The lowest BCUT2D eigenvalue weighted by atomic mass is 10.0. The van der Waals surface area contributed by atoms with Gasteiger partial charge in [-0.3, -0.25) is 0 Å². The monoisotopic (exact) mass is 416 g/mol. The molecular formula is C20H11ClF2N2O4. The summed E-state index contributed by atoms with van der Waals surface area (Å²) in [5.41, 5.74) is -0.901. The van der Waals surface area contributed by atoms with Crippen molar-refractivity contribution >= 4 is 22.6 Å². The second-order valence-corrected chi connectivity index (χ2v) is 6.38. The molecule has 29 heavy (non-hydrogen) atoms. The van der Waals surface area contributed by atoms with Gasteiger partial charge in [-0.15, -0.1) is 0 Å². The van der Waals surface area contributed by atoms with Gasteiger partial charge >= 0.3 is 5.63 Å². The van der Waals surface area contributed by atoms with E-state index in [1.54, 1.807) is 0 Å². The first-order valence-electron chi connectivity index (χ1n) is 8.30. The average Bonchev–Trinajstić information content (AvgIpc) is 2.70. The molecule has 0 amide bonds. The Morgan fingerprint density at radius 2 is 1.97 bits per heavy atom. The third kappa shape index (κ3) is 3.62. The Morgan fingerprint density at radius 1 is 1.14 bits per heavy atom. The number of aromatic hydroxyl groups is 1. The first-order valence-corrected chi connectivity index (χ1v) is 8.68. The van der Waals surface area contributed by atoms with E-state index in [-0.39, 0.29) is 51.0 Å². The number of fused-ring (bicyclic) bond motifs is 1. The van der Waals surface area contributed by atoms with Crippen molar-refractivity contribution in [3.63, 3.8) is 0 Å². The Bertz CT molecular complexity index is 1290. The van der Waals surface area contributed by atoms with E-state index < -0.39 is 17.3 Å². The zero-order valence-electron chi connectivity index (χ0n) is 14.5. The van der Waals surface area contributed by atoms with E-state index in [1.165, 1.54) is 48.8 Å². The number of aromatic nitrogens is 2. The molecule has 9 heteroatoms. The van der Waals surface area contributed by atoms with Crippen molar-refractivity contribution < 1.29 is 23.0 Å². The summed E-state index contributed by atoms with van der Waals surface area (Å²) in [6.07, 6.45) is 2.42. The van der Waals surface area contributed by atoms with Crippen molar-refractivity contribution in [1.29, 1.82) is 0 Å². The zero-order valence-corrected chi connectivity index (χ0v) is 15.3. The highest BCUT2D eigenvalue weighted by atomic mass is 35.5. The first kappa shape index (κ1) is 18.8. The molecule has 6 nitrogen and oxygen atoms in total. The summed E-state index contributed by atoms with van der Waals surface area (Å²) in [6, 6.07) is 8.15. The number of halogens is 3. The number of pyridine rings is 2. The van der Waals surface area contributed by atoms with Crippen LogP contribution in [0.1, 0.15) is 11.1 Å². The molecule has 0 saturated heterocycles. The second-order valence-electron chi connectivity index (χ2n) is 6.02. The fourth-order valence-corrected chi connectivity index (χ4v) is 2.94. The highest BCUT2D eigenvalue weighted by Crippen LogP contribution is 2.32. The lowest BCUT2D eigenvalue weighted by Crippen LogP contribution is -2.09. The minimum absolute atomic E-state index is 0.0123. The van der Waals surface area contributed by atoms with Gasteiger partial charge in [-0.2, -0.15) is 0 Å². The SMILES string of the molecule is O=c1oc2cc(Oc3ncccc3F)ccc2c(O)c1Cc1ccnc(Cl)c1F. The number of nitrogens with zero attached hydrogens (tertiary/aromatic N) is 2. The van der Waals surface area contributed by atoms with E-state index in [9.17, 15) is 18.7 Å². The van der Waals surface area contributed by atoms with Gasteiger partial charge in [0.25, 0.3) is 5.88 Å². The predicted molar refractivity (Wildman–Crippen MR) is 100 cm³/mol. The van der Waals surface area contributed by atoms with E-state index in [0.717, 1.165) is 0 Å². The van der Waals surface area contributed by atoms with E-state index in [1.807, 2.05) is 0 Å². The van der Waals surface area contributed by atoms with Crippen LogP contribution in [0.3, 0.4) is 0 Å². The molecule has 0 radical (unpaired) electrons. The van der Waals surface area contributed by atoms with Gasteiger partial charge in [-0.1, -0.05) is 11.6 Å². The van der Waals surface area contributed by atoms with E-state index in [0.29, 0.717) is 0 Å². The highest BCUT2D eigenvalue weighted by Gasteiger charge is 2.18. The Morgan fingerprint density at radius 3 is 2.76 bits per heavy atom. The summed E-state index contributed by atoms with van der Waals surface area (Å²) >= 11 is 5.65. The summed E-state index contributed by atoms with van der Waals surface area (Å²) in [6.45, 7) is 0. The van der Waals surface area contributed by atoms with Crippen LogP contribution in [0.5, 0.6) is 17.4 Å². The van der Waals surface area contributed by atoms with Crippen LogP contribution in [-0.2, 0) is 6.42 Å². The van der Waals surface area contributed by atoms with Crippen molar-refractivity contribution in [3.05, 3.63) is 87.1 Å². The quantitative estimate of drug-likeness (QED) is 0.386. The smallest absolute Gasteiger partial charge is 0.343 e. The normalized spacial score (nSPS) is 11.0. The Hall–Kier alpha value is -3.52. The van der Waals surface area contributed by atoms with Gasteiger partial charge in [-0.25, -0.2) is 23.5 Å². The Labute approximate surface area is 167 Å². The second kappa shape index (κ2) is 7.48. The predicted octanol–water partition coefficient (Wildman–Crippen LogP) is 4.60. The maximum atomic E-state index is 14.1. The summed E-state index contributed by atoms with van der Waals surface area (Å²) in [5.74, 6) is -1.91. The van der Waals surface area contributed by atoms with E-state index in [2.05, 4.69) is 9.97 Å². The largest absolute Gasteiger partial charge is 0.507 e. The van der Waals surface area contributed by atoms with Crippen molar-refractivity contribution in [2.24, 2.45) is 0 Å². The van der Waals surface area contributed by atoms with Crippen molar-refractivity contribution in [3.8, 4) is 17.4 Å². The van der Waals surface area contributed by atoms with Crippen LogP contribution in [0, 0.1) is 11.6 Å². The standard InChI is InChI=1S/C20H11ClF2N2O4/c21-18-16(23)10(5-7-24-18)8-13-17(26)12-4-3-11(9-15(12)29-20(13)27)28-19-14(22)2-1-6-25-19/h1-7,9,26H,8H2. The number of benzene rings is 1. The molecule has 0 atom stereocenters. The van der Waals surface area contributed by atoms with E-state index >= 15 is 0 Å². The fraction of sp³-hybridized carbons (Fsp3) is 0.0500. The molecule has 0 aliphatic rings. The molecule has 1 aromatic carbocycles. The van der Waals surface area contributed by atoms with Gasteiger partial charge < -0.3 is 14.3 Å². The molecule has 0 saturated carbocycles. The maximum Gasteiger partial charge on any atom is 0.343 e. The van der Waals surface area contributed by atoms with Gasteiger partial charge in [0.15, 0.2) is 16.8 Å². The van der Waals surface area contributed by atoms with Crippen LogP contribution in [0.25, 0.3) is 11.0 Å². The van der Waals surface area contributed by atoms with Crippen LogP contribution >= 0.6 is 11.6 Å². The molecule has 146 valence electrons. The van der Waals surface area contributed by atoms with Crippen LogP contribution < -0.4 is 10.4 Å². The zero-order chi connectivity index (χ0) is 20.5. The molecule has 4 rings (SSSR count). The lowest BCUT2D eigenvalue weighted by Gasteiger charge is -2.09. The molecule has 3 heterocycles. The van der Waals surface area contributed by atoms with Crippen LogP contribution in [0.2, 0.25) is 5.15 Å². The number of rotatable bonds is 4. The summed E-state index contributed by atoms with van der Waals surface area (Å²) in [5, 5.41) is 10.4. The Balaban J connectivity index is 1.73. The van der Waals surface area contributed by atoms with Crippen LogP contribution in [-0.4, -0.2) is 15.1 Å². The molecule has 0 aliphatic heterocycles. The van der Waals surface area contributed by atoms with Gasteiger partial charge in [0.05, 0.1) is 10.9 Å². The van der Waals surface area contributed by atoms with Crippen LogP contribution in [0.15, 0.2) is 58.0 Å². The minimum atomic E-state index is -0.858. The van der Waals surface area contributed by atoms with Gasteiger partial charge in [-0.05, 0) is 35.9 Å². The lowest BCUT2D eigenvalue weighted by molar-refractivity contribution is 0.421. The molecule has 4 aromatic rings. The number of ether oxygens (including phenoxy) is 1. The van der Waals surface area contributed by atoms with Crippen molar-refractivity contribution in [1.82, 2.24) is 9.97 Å².